The van der Waals surface area contributed by atoms with Crippen molar-refractivity contribution in [1.29, 1.82) is 0 Å². The lowest BCUT2D eigenvalue weighted by molar-refractivity contribution is 0.728. The minimum atomic E-state index is 0.160. The van der Waals surface area contributed by atoms with Crippen LogP contribution in [-0.2, 0) is 0 Å². The lowest BCUT2D eigenvalue weighted by Crippen LogP contribution is -2.09. The van der Waals surface area contributed by atoms with Crippen LogP contribution in [0.3, 0.4) is 0 Å². The van der Waals surface area contributed by atoms with E-state index in [0.717, 1.165) is 5.82 Å². The minimum absolute atomic E-state index is 0.160. The maximum atomic E-state index is 4.32. The zero-order valence-corrected chi connectivity index (χ0v) is 12.4. The molecule has 2 aromatic heterocycles. The van der Waals surface area contributed by atoms with Crippen LogP contribution in [-0.4, -0.2) is 25.3 Å². The molecule has 0 spiro atoms. The summed E-state index contributed by atoms with van der Waals surface area (Å²) in [6.07, 6.45) is 0. The number of tetrazole rings is 1. The van der Waals surface area contributed by atoms with E-state index in [1.807, 2.05) is 12.1 Å². The van der Waals surface area contributed by atoms with Gasteiger partial charge in [0.25, 0.3) is 0 Å². The highest BCUT2D eigenvalue weighted by molar-refractivity contribution is 5.44. The van der Waals surface area contributed by atoms with Crippen LogP contribution in [0.2, 0.25) is 0 Å². The largest absolute Gasteiger partial charge is 0.362 e. The van der Waals surface area contributed by atoms with Crippen LogP contribution >= 0.6 is 0 Å². The summed E-state index contributed by atoms with van der Waals surface area (Å²) < 4.78 is 1.41. The van der Waals surface area contributed by atoms with Crippen LogP contribution in [0, 0.1) is 0 Å². The number of benzene rings is 1. The smallest absolute Gasteiger partial charge is 0.200 e. The number of hydrogen-bond donors (Lipinski definition) is 1. The Kier molecular flexibility index (Phi) is 3.51. The molecule has 6 heteroatoms. The van der Waals surface area contributed by atoms with E-state index in [1.165, 1.54) is 15.8 Å². The highest BCUT2D eigenvalue weighted by atomic mass is 15.6. The number of aromatic nitrogens is 5. The Labute approximate surface area is 123 Å². The Hall–Kier alpha value is -2.50. The van der Waals surface area contributed by atoms with Crippen LogP contribution in [0.15, 0.2) is 36.4 Å². The van der Waals surface area contributed by atoms with Crippen molar-refractivity contribution in [2.24, 2.45) is 0 Å². The normalized spacial score (nSPS) is 12.8. The lowest BCUT2D eigenvalue weighted by Gasteiger charge is -2.15. The van der Waals surface area contributed by atoms with Crippen LogP contribution in [0.25, 0.3) is 5.65 Å². The summed E-state index contributed by atoms with van der Waals surface area (Å²) in [6, 6.07) is 12.5. The first kappa shape index (κ1) is 13.5. The van der Waals surface area contributed by atoms with Gasteiger partial charge in [0.05, 0.1) is 0 Å². The van der Waals surface area contributed by atoms with Crippen molar-refractivity contribution in [3.63, 3.8) is 0 Å². The van der Waals surface area contributed by atoms with Gasteiger partial charge in [-0.05, 0) is 46.5 Å². The number of anilines is 1. The molecule has 3 aromatic rings. The average Bonchev–Trinajstić information content (AvgIpc) is 2.95. The molecule has 1 N–H and O–H groups in total. The van der Waals surface area contributed by atoms with E-state index in [1.54, 1.807) is 0 Å². The van der Waals surface area contributed by atoms with Crippen LogP contribution in [0.4, 0.5) is 5.82 Å². The van der Waals surface area contributed by atoms with Crippen molar-refractivity contribution in [2.75, 3.05) is 5.32 Å². The molecule has 0 aliphatic heterocycles. The molecule has 0 saturated heterocycles. The molecule has 0 unspecified atom stereocenters. The van der Waals surface area contributed by atoms with E-state index in [2.05, 4.69) is 71.0 Å². The summed E-state index contributed by atoms with van der Waals surface area (Å²) >= 11 is 0. The van der Waals surface area contributed by atoms with Gasteiger partial charge in [0.2, 0.25) is 0 Å². The molecule has 0 fully saturated rings. The Bertz CT molecular complexity index is 731. The Morgan fingerprint density at radius 3 is 2.38 bits per heavy atom. The second kappa shape index (κ2) is 5.47. The molecule has 0 radical (unpaired) electrons. The lowest BCUT2D eigenvalue weighted by atomic mass is 10.00. The van der Waals surface area contributed by atoms with Crippen molar-refractivity contribution < 1.29 is 0 Å². The molecule has 0 saturated carbocycles. The summed E-state index contributed by atoms with van der Waals surface area (Å²) in [7, 11) is 0. The molecular formula is C15H18N6. The van der Waals surface area contributed by atoms with Gasteiger partial charge in [0, 0.05) is 6.04 Å². The third kappa shape index (κ3) is 2.84. The van der Waals surface area contributed by atoms with Gasteiger partial charge in [0.1, 0.15) is 5.82 Å². The monoisotopic (exact) mass is 282 g/mol. The second-order valence-corrected chi connectivity index (χ2v) is 5.43. The van der Waals surface area contributed by atoms with Crippen LogP contribution < -0.4 is 5.32 Å². The molecule has 6 nitrogen and oxygen atoms in total. The summed E-state index contributed by atoms with van der Waals surface area (Å²) in [5, 5.41) is 18.9. The molecule has 0 aliphatic rings. The van der Waals surface area contributed by atoms with Crippen LogP contribution in [0.1, 0.15) is 43.9 Å². The van der Waals surface area contributed by atoms with Gasteiger partial charge in [0.15, 0.2) is 5.65 Å². The topological polar surface area (TPSA) is 68.0 Å². The standard InChI is InChI=1S/C15H18N6/c1-10(2)12-4-6-13(7-5-12)11(3)16-14-8-9-15-17-19-20-21(15)18-14/h4-11H,1-3H3,(H,16,18)/t11-/m1/s1. The van der Waals surface area contributed by atoms with Gasteiger partial charge in [-0.3, -0.25) is 0 Å². The van der Waals surface area contributed by atoms with Gasteiger partial charge in [-0.1, -0.05) is 38.1 Å². The number of nitrogens with zero attached hydrogens (tertiary/aromatic N) is 5. The first-order valence-corrected chi connectivity index (χ1v) is 7.05. The average molecular weight is 282 g/mol. The summed E-state index contributed by atoms with van der Waals surface area (Å²) in [5.74, 6) is 1.29. The van der Waals surface area contributed by atoms with Crippen molar-refractivity contribution in [3.05, 3.63) is 47.5 Å². The van der Waals surface area contributed by atoms with E-state index in [-0.39, 0.29) is 6.04 Å². The number of nitrogens with one attached hydrogen (secondary N) is 1. The van der Waals surface area contributed by atoms with Gasteiger partial charge >= 0.3 is 0 Å². The maximum absolute atomic E-state index is 4.32. The van der Waals surface area contributed by atoms with Gasteiger partial charge < -0.3 is 5.32 Å². The maximum Gasteiger partial charge on any atom is 0.200 e. The Morgan fingerprint density at radius 2 is 1.67 bits per heavy atom. The van der Waals surface area contributed by atoms with E-state index in [0.29, 0.717) is 11.6 Å². The van der Waals surface area contributed by atoms with Gasteiger partial charge in [-0.25, -0.2) is 0 Å². The predicted octanol–water partition coefficient (Wildman–Crippen LogP) is 2.82. The molecule has 21 heavy (non-hydrogen) atoms. The van der Waals surface area contributed by atoms with E-state index in [4.69, 9.17) is 0 Å². The van der Waals surface area contributed by atoms with Gasteiger partial charge in [-0.15, -0.1) is 14.8 Å². The van der Waals surface area contributed by atoms with Crippen molar-refractivity contribution in [3.8, 4) is 0 Å². The van der Waals surface area contributed by atoms with E-state index in [9.17, 15) is 0 Å². The molecule has 1 aromatic carbocycles. The molecule has 3 rings (SSSR count). The number of hydrogen-bond acceptors (Lipinski definition) is 5. The zero-order chi connectivity index (χ0) is 14.8. The number of fused-ring (bicyclic) bond motifs is 1. The fraction of sp³-hybridized carbons (Fsp3) is 0.333. The van der Waals surface area contributed by atoms with Gasteiger partial charge in [-0.2, -0.15) is 0 Å². The zero-order valence-electron chi connectivity index (χ0n) is 12.4. The third-order valence-electron chi connectivity index (χ3n) is 3.54. The SMILES string of the molecule is CC(C)c1ccc([C@@H](C)Nc2ccc3nnnn3n2)cc1. The molecule has 0 bridgehead atoms. The molecule has 0 amide bonds. The highest BCUT2D eigenvalue weighted by Crippen LogP contribution is 2.21. The van der Waals surface area contributed by atoms with E-state index < -0.39 is 0 Å². The predicted molar refractivity (Wildman–Crippen MR) is 81.1 cm³/mol. The first-order chi connectivity index (χ1) is 10.1. The van der Waals surface area contributed by atoms with Crippen molar-refractivity contribution >= 4 is 11.5 Å². The molecular weight excluding hydrogens is 264 g/mol. The fourth-order valence-electron chi connectivity index (χ4n) is 2.20. The molecule has 1 atom stereocenters. The van der Waals surface area contributed by atoms with Crippen LogP contribution in [0.5, 0.6) is 0 Å². The second-order valence-electron chi connectivity index (χ2n) is 5.43. The quantitative estimate of drug-likeness (QED) is 0.797. The molecule has 2 heterocycles. The third-order valence-corrected chi connectivity index (χ3v) is 3.54. The Morgan fingerprint density at radius 1 is 0.952 bits per heavy atom. The summed E-state index contributed by atoms with van der Waals surface area (Å²) in [4.78, 5) is 0. The highest BCUT2D eigenvalue weighted by Gasteiger charge is 2.08. The minimum Gasteiger partial charge on any atom is -0.362 e. The summed E-state index contributed by atoms with van der Waals surface area (Å²) in [5.41, 5.74) is 3.20. The fourth-order valence-corrected chi connectivity index (χ4v) is 2.20. The van der Waals surface area contributed by atoms with E-state index >= 15 is 0 Å². The van der Waals surface area contributed by atoms with Crippen molar-refractivity contribution in [2.45, 2.75) is 32.7 Å². The Balaban J connectivity index is 1.76. The number of rotatable bonds is 4. The molecule has 0 aliphatic carbocycles. The summed E-state index contributed by atoms with van der Waals surface area (Å²) in [6.45, 7) is 6.50. The van der Waals surface area contributed by atoms with Crippen molar-refractivity contribution in [1.82, 2.24) is 25.3 Å². The molecule has 108 valence electrons. The first-order valence-electron chi connectivity index (χ1n) is 7.05.